The SMILES string of the molecule is COc1ccc(-c2c(C(=O)c3ccccc3)c(C)nc3sc4c(c23)CCC(C)C4)cc1. The molecular formula is C27H25NO2S. The van der Waals surface area contributed by atoms with Gasteiger partial charge in [0, 0.05) is 21.4 Å². The number of rotatable bonds is 4. The molecule has 1 aliphatic rings. The van der Waals surface area contributed by atoms with E-state index in [-0.39, 0.29) is 5.78 Å². The molecular weight excluding hydrogens is 402 g/mol. The highest BCUT2D eigenvalue weighted by atomic mass is 32.1. The van der Waals surface area contributed by atoms with Crippen molar-refractivity contribution in [3.63, 3.8) is 0 Å². The topological polar surface area (TPSA) is 39.2 Å². The standard InChI is InChI=1S/C27H25NO2S/c1-16-9-14-21-22(15-16)31-27-25(21)24(18-10-12-20(30-3)13-11-18)23(17(2)28-27)26(29)19-7-5-4-6-8-19/h4-8,10-13,16H,9,14-15H2,1-3H3. The van der Waals surface area contributed by atoms with E-state index in [0.29, 0.717) is 17.0 Å². The van der Waals surface area contributed by atoms with Crippen molar-refractivity contribution in [2.24, 2.45) is 5.92 Å². The Balaban J connectivity index is 1.83. The molecule has 0 N–H and O–H groups in total. The fourth-order valence-electron chi connectivity index (χ4n) is 4.65. The first-order valence-corrected chi connectivity index (χ1v) is 11.6. The molecule has 1 aliphatic carbocycles. The number of benzene rings is 2. The molecule has 2 aromatic heterocycles. The average Bonchev–Trinajstić information content (AvgIpc) is 3.15. The Morgan fingerprint density at radius 2 is 1.84 bits per heavy atom. The van der Waals surface area contributed by atoms with Crippen LogP contribution in [0.4, 0.5) is 0 Å². The second-order valence-electron chi connectivity index (χ2n) is 8.40. The Labute approximate surface area is 186 Å². The predicted molar refractivity (Wildman–Crippen MR) is 127 cm³/mol. The molecule has 0 bridgehead atoms. The van der Waals surface area contributed by atoms with E-state index >= 15 is 0 Å². The van der Waals surface area contributed by atoms with Gasteiger partial charge in [-0.3, -0.25) is 4.79 Å². The Kier molecular flexibility index (Phi) is 5.11. The molecule has 4 heteroatoms. The van der Waals surface area contributed by atoms with Gasteiger partial charge in [0.15, 0.2) is 5.78 Å². The zero-order valence-corrected chi connectivity index (χ0v) is 18.9. The third-order valence-corrected chi connectivity index (χ3v) is 7.41. The van der Waals surface area contributed by atoms with Crippen LogP contribution in [0.3, 0.4) is 0 Å². The molecule has 1 unspecified atom stereocenters. The maximum absolute atomic E-state index is 13.7. The molecule has 2 heterocycles. The second-order valence-corrected chi connectivity index (χ2v) is 9.49. The number of aryl methyl sites for hydroxylation is 2. The van der Waals surface area contributed by atoms with Gasteiger partial charge in [-0.05, 0) is 55.4 Å². The second kappa shape index (κ2) is 7.93. The van der Waals surface area contributed by atoms with Gasteiger partial charge in [0.1, 0.15) is 10.6 Å². The number of pyridine rings is 1. The number of aromatic nitrogens is 1. The Bertz CT molecular complexity index is 1270. The Morgan fingerprint density at radius 3 is 2.55 bits per heavy atom. The number of ketones is 1. The molecule has 156 valence electrons. The van der Waals surface area contributed by atoms with Crippen molar-refractivity contribution in [2.75, 3.05) is 7.11 Å². The van der Waals surface area contributed by atoms with E-state index < -0.39 is 0 Å². The summed E-state index contributed by atoms with van der Waals surface area (Å²) in [6, 6.07) is 17.6. The van der Waals surface area contributed by atoms with Crippen molar-refractivity contribution in [3.8, 4) is 16.9 Å². The van der Waals surface area contributed by atoms with E-state index in [9.17, 15) is 4.79 Å². The van der Waals surface area contributed by atoms with Gasteiger partial charge >= 0.3 is 0 Å². The molecule has 0 amide bonds. The maximum Gasteiger partial charge on any atom is 0.195 e. The average molecular weight is 428 g/mol. The molecule has 0 radical (unpaired) electrons. The van der Waals surface area contributed by atoms with Crippen LogP contribution in [0.15, 0.2) is 54.6 Å². The minimum atomic E-state index is 0.0300. The molecule has 4 aromatic rings. The maximum atomic E-state index is 13.7. The smallest absolute Gasteiger partial charge is 0.195 e. The van der Waals surface area contributed by atoms with Crippen molar-refractivity contribution >= 4 is 27.3 Å². The van der Waals surface area contributed by atoms with Crippen molar-refractivity contribution in [3.05, 3.63) is 81.9 Å². The summed E-state index contributed by atoms with van der Waals surface area (Å²) in [7, 11) is 1.67. The normalized spacial score (nSPS) is 15.6. The van der Waals surface area contributed by atoms with Crippen molar-refractivity contribution < 1.29 is 9.53 Å². The number of carbonyl (C=O) groups is 1. The predicted octanol–water partition coefficient (Wildman–Crippen LogP) is 6.64. The lowest BCUT2D eigenvalue weighted by Crippen LogP contribution is -2.10. The number of carbonyl (C=O) groups excluding carboxylic acids is 1. The van der Waals surface area contributed by atoms with Crippen molar-refractivity contribution in [1.29, 1.82) is 0 Å². The number of thiophene rings is 1. The first-order chi connectivity index (χ1) is 15.1. The Hall–Kier alpha value is -2.98. The lowest BCUT2D eigenvalue weighted by Gasteiger charge is -2.20. The van der Waals surface area contributed by atoms with E-state index in [1.54, 1.807) is 18.4 Å². The fraction of sp³-hybridized carbons (Fsp3) is 0.259. The summed E-state index contributed by atoms with van der Waals surface area (Å²) in [5.41, 5.74) is 5.64. The van der Waals surface area contributed by atoms with E-state index in [2.05, 4.69) is 19.1 Å². The number of hydrogen-bond donors (Lipinski definition) is 0. The molecule has 31 heavy (non-hydrogen) atoms. The first kappa shape index (κ1) is 20.0. The van der Waals surface area contributed by atoms with Gasteiger partial charge in [-0.2, -0.15) is 0 Å². The van der Waals surface area contributed by atoms with Gasteiger partial charge < -0.3 is 4.74 Å². The van der Waals surface area contributed by atoms with Gasteiger partial charge in [-0.15, -0.1) is 11.3 Å². The van der Waals surface area contributed by atoms with Crippen LogP contribution in [0.2, 0.25) is 0 Å². The van der Waals surface area contributed by atoms with E-state index in [1.807, 2.05) is 49.4 Å². The quantitative estimate of drug-likeness (QED) is 0.343. The van der Waals surface area contributed by atoms with Gasteiger partial charge in [0.2, 0.25) is 0 Å². The van der Waals surface area contributed by atoms with Gasteiger partial charge in [0.25, 0.3) is 0 Å². The third kappa shape index (κ3) is 3.45. The van der Waals surface area contributed by atoms with Crippen LogP contribution in [0.25, 0.3) is 21.3 Å². The zero-order chi connectivity index (χ0) is 21.5. The monoisotopic (exact) mass is 427 g/mol. The fourth-order valence-corrected chi connectivity index (χ4v) is 6.08. The highest BCUT2D eigenvalue weighted by molar-refractivity contribution is 7.19. The van der Waals surface area contributed by atoms with E-state index in [0.717, 1.165) is 40.2 Å². The number of ether oxygens (including phenoxy) is 1. The van der Waals surface area contributed by atoms with Gasteiger partial charge in [-0.1, -0.05) is 49.4 Å². The number of hydrogen-bond acceptors (Lipinski definition) is 4. The molecule has 1 atom stereocenters. The van der Waals surface area contributed by atoms with Crippen LogP contribution in [-0.4, -0.2) is 17.9 Å². The molecule has 0 saturated carbocycles. The summed E-state index contributed by atoms with van der Waals surface area (Å²) in [6.07, 6.45) is 3.32. The van der Waals surface area contributed by atoms with E-state index in [1.165, 1.54) is 22.2 Å². The largest absolute Gasteiger partial charge is 0.497 e. The highest BCUT2D eigenvalue weighted by Crippen LogP contribution is 2.44. The first-order valence-electron chi connectivity index (χ1n) is 10.8. The summed E-state index contributed by atoms with van der Waals surface area (Å²) >= 11 is 1.80. The zero-order valence-electron chi connectivity index (χ0n) is 18.1. The lowest BCUT2D eigenvalue weighted by atomic mass is 9.85. The number of nitrogens with zero attached hydrogens (tertiary/aromatic N) is 1. The molecule has 0 saturated heterocycles. The van der Waals surface area contributed by atoms with Crippen LogP contribution in [0, 0.1) is 12.8 Å². The number of fused-ring (bicyclic) bond motifs is 3. The summed E-state index contributed by atoms with van der Waals surface area (Å²) in [5.74, 6) is 1.53. The Morgan fingerprint density at radius 1 is 1.10 bits per heavy atom. The van der Waals surface area contributed by atoms with Crippen LogP contribution in [0.5, 0.6) is 5.75 Å². The third-order valence-electron chi connectivity index (χ3n) is 6.27. The van der Waals surface area contributed by atoms with Crippen molar-refractivity contribution in [2.45, 2.75) is 33.1 Å². The van der Waals surface area contributed by atoms with E-state index in [4.69, 9.17) is 9.72 Å². The summed E-state index contributed by atoms with van der Waals surface area (Å²) in [6.45, 7) is 4.28. The molecule has 0 aliphatic heterocycles. The van der Waals surface area contributed by atoms with Gasteiger partial charge in [-0.25, -0.2) is 4.98 Å². The van der Waals surface area contributed by atoms with Crippen LogP contribution < -0.4 is 4.74 Å². The van der Waals surface area contributed by atoms with Crippen LogP contribution in [0.1, 0.15) is 45.4 Å². The molecule has 2 aromatic carbocycles. The summed E-state index contributed by atoms with van der Waals surface area (Å²) < 4.78 is 5.37. The molecule has 0 fully saturated rings. The highest BCUT2D eigenvalue weighted by Gasteiger charge is 2.28. The minimum Gasteiger partial charge on any atom is -0.497 e. The number of methoxy groups -OCH3 is 1. The van der Waals surface area contributed by atoms with Crippen LogP contribution >= 0.6 is 11.3 Å². The minimum absolute atomic E-state index is 0.0300. The molecule has 3 nitrogen and oxygen atoms in total. The van der Waals surface area contributed by atoms with Crippen LogP contribution in [-0.2, 0) is 12.8 Å². The van der Waals surface area contributed by atoms with Crippen molar-refractivity contribution in [1.82, 2.24) is 4.98 Å². The summed E-state index contributed by atoms with van der Waals surface area (Å²) in [4.78, 5) is 21.1. The van der Waals surface area contributed by atoms with Gasteiger partial charge in [0.05, 0.1) is 18.4 Å². The summed E-state index contributed by atoms with van der Waals surface area (Å²) in [5, 5.41) is 1.17. The molecule has 5 rings (SSSR count). The lowest BCUT2D eigenvalue weighted by molar-refractivity contribution is 0.103. The molecule has 0 spiro atoms.